The highest BCUT2D eigenvalue weighted by Crippen LogP contribution is 2.29. The fourth-order valence-electron chi connectivity index (χ4n) is 2.96. The standard InChI is InChI=1S/C17H26N2O5S2/c1-4-9-26(22,23)19-8-6-7-13(11-19)16(20)18-14-10-12(3)15(25-14)17(21)24-5-2/h10,13H,4-9,11H2,1-3H3,(H,18,20). The highest BCUT2D eigenvalue weighted by Gasteiger charge is 2.32. The minimum atomic E-state index is -3.30. The molecule has 0 radical (unpaired) electrons. The molecule has 1 aromatic heterocycles. The van der Waals surface area contributed by atoms with Gasteiger partial charge in [0.1, 0.15) is 4.88 Å². The van der Waals surface area contributed by atoms with E-state index in [4.69, 9.17) is 4.74 Å². The number of thiophene rings is 1. The molecule has 1 unspecified atom stereocenters. The van der Waals surface area contributed by atoms with Crippen LogP contribution in [-0.2, 0) is 19.6 Å². The number of sulfonamides is 1. The highest BCUT2D eigenvalue weighted by molar-refractivity contribution is 7.89. The Hall–Kier alpha value is -1.45. The predicted molar refractivity (Wildman–Crippen MR) is 102 cm³/mol. The lowest BCUT2D eigenvalue weighted by Crippen LogP contribution is -2.44. The van der Waals surface area contributed by atoms with Crippen molar-refractivity contribution in [3.8, 4) is 0 Å². The van der Waals surface area contributed by atoms with E-state index in [1.807, 2.05) is 6.92 Å². The van der Waals surface area contributed by atoms with Gasteiger partial charge in [0, 0.05) is 13.1 Å². The van der Waals surface area contributed by atoms with Gasteiger partial charge in [0.2, 0.25) is 15.9 Å². The quantitative estimate of drug-likeness (QED) is 0.708. The average molecular weight is 403 g/mol. The number of rotatable bonds is 7. The van der Waals surface area contributed by atoms with Gasteiger partial charge in [-0.1, -0.05) is 6.92 Å². The van der Waals surface area contributed by atoms with Crippen molar-refractivity contribution in [1.29, 1.82) is 0 Å². The van der Waals surface area contributed by atoms with E-state index in [1.54, 1.807) is 19.9 Å². The number of aryl methyl sites for hydroxylation is 1. The lowest BCUT2D eigenvalue weighted by molar-refractivity contribution is -0.120. The van der Waals surface area contributed by atoms with Crippen molar-refractivity contribution >= 4 is 38.2 Å². The highest BCUT2D eigenvalue weighted by atomic mass is 32.2. The molecule has 1 amide bonds. The van der Waals surface area contributed by atoms with Crippen LogP contribution >= 0.6 is 11.3 Å². The summed E-state index contributed by atoms with van der Waals surface area (Å²) in [7, 11) is -3.30. The number of piperidine rings is 1. The third-order valence-corrected chi connectivity index (χ3v) is 7.41. The Bertz CT molecular complexity index is 757. The molecule has 0 aliphatic carbocycles. The second kappa shape index (κ2) is 8.96. The zero-order valence-electron chi connectivity index (χ0n) is 15.4. The van der Waals surface area contributed by atoms with E-state index in [9.17, 15) is 18.0 Å². The molecule has 2 heterocycles. The number of hydrogen-bond acceptors (Lipinski definition) is 6. The summed E-state index contributed by atoms with van der Waals surface area (Å²) >= 11 is 1.18. The van der Waals surface area contributed by atoms with Crippen molar-refractivity contribution in [2.45, 2.75) is 40.0 Å². The Kier molecular flexibility index (Phi) is 7.19. The molecule has 0 aromatic carbocycles. The molecular formula is C17H26N2O5S2. The summed E-state index contributed by atoms with van der Waals surface area (Å²) in [5.74, 6) is -0.888. The summed E-state index contributed by atoms with van der Waals surface area (Å²) < 4.78 is 30.9. The number of carbonyl (C=O) groups excluding carboxylic acids is 2. The summed E-state index contributed by atoms with van der Waals surface area (Å²) in [6.07, 6.45) is 1.87. The average Bonchev–Trinajstić information content (AvgIpc) is 2.95. The number of esters is 1. The first-order valence-electron chi connectivity index (χ1n) is 8.84. The van der Waals surface area contributed by atoms with Gasteiger partial charge in [-0.15, -0.1) is 11.3 Å². The van der Waals surface area contributed by atoms with Crippen LogP contribution in [0.4, 0.5) is 5.00 Å². The Morgan fingerprint density at radius 1 is 1.38 bits per heavy atom. The molecule has 26 heavy (non-hydrogen) atoms. The number of nitrogens with one attached hydrogen (secondary N) is 1. The molecule has 1 N–H and O–H groups in total. The first-order chi connectivity index (χ1) is 12.3. The molecule has 7 nitrogen and oxygen atoms in total. The van der Waals surface area contributed by atoms with Crippen LogP contribution in [0, 0.1) is 12.8 Å². The topological polar surface area (TPSA) is 92.8 Å². The number of amides is 1. The molecule has 9 heteroatoms. The largest absolute Gasteiger partial charge is 0.462 e. The second-order valence-corrected chi connectivity index (χ2v) is 9.49. The van der Waals surface area contributed by atoms with E-state index in [1.165, 1.54) is 15.6 Å². The van der Waals surface area contributed by atoms with Crippen LogP contribution in [0.3, 0.4) is 0 Å². The molecule has 1 aromatic rings. The van der Waals surface area contributed by atoms with Gasteiger partial charge < -0.3 is 10.1 Å². The third kappa shape index (κ3) is 5.05. The van der Waals surface area contributed by atoms with Crippen LogP contribution < -0.4 is 5.32 Å². The molecular weight excluding hydrogens is 376 g/mol. The fourth-order valence-corrected chi connectivity index (χ4v) is 5.52. The van der Waals surface area contributed by atoms with E-state index in [-0.39, 0.29) is 24.1 Å². The van der Waals surface area contributed by atoms with Crippen LogP contribution in [0.25, 0.3) is 0 Å². The number of ether oxygens (including phenoxy) is 1. The van der Waals surface area contributed by atoms with Crippen LogP contribution in [0.5, 0.6) is 0 Å². The zero-order chi connectivity index (χ0) is 19.3. The van der Waals surface area contributed by atoms with Crippen molar-refractivity contribution in [3.63, 3.8) is 0 Å². The lowest BCUT2D eigenvalue weighted by Gasteiger charge is -2.31. The third-order valence-electron chi connectivity index (χ3n) is 4.24. The summed E-state index contributed by atoms with van der Waals surface area (Å²) in [5.41, 5.74) is 0.750. The Balaban J connectivity index is 2.03. The summed E-state index contributed by atoms with van der Waals surface area (Å²) in [4.78, 5) is 24.9. The molecule has 1 fully saturated rings. The van der Waals surface area contributed by atoms with Crippen molar-refractivity contribution in [2.75, 3.05) is 30.8 Å². The normalized spacial score (nSPS) is 18.5. The SMILES string of the molecule is CCCS(=O)(=O)N1CCCC(C(=O)Nc2cc(C)c(C(=O)OCC)s2)C1. The van der Waals surface area contributed by atoms with Crippen LogP contribution in [0.1, 0.15) is 48.3 Å². The number of anilines is 1. The molecule has 0 saturated carbocycles. The van der Waals surface area contributed by atoms with Crippen LogP contribution in [0.15, 0.2) is 6.07 Å². The van der Waals surface area contributed by atoms with E-state index >= 15 is 0 Å². The molecule has 2 rings (SSSR count). The fraction of sp³-hybridized carbons (Fsp3) is 0.647. The first kappa shape index (κ1) is 20.9. The van der Waals surface area contributed by atoms with E-state index in [0.29, 0.717) is 42.3 Å². The molecule has 1 aliphatic rings. The Morgan fingerprint density at radius 2 is 2.12 bits per heavy atom. The Morgan fingerprint density at radius 3 is 2.77 bits per heavy atom. The maximum absolute atomic E-state index is 12.6. The van der Waals surface area contributed by atoms with Gasteiger partial charge in [0.25, 0.3) is 0 Å². The van der Waals surface area contributed by atoms with Gasteiger partial charge in [0.15, 0.2) is 0 Å². The van der Waals surface area contributed by atoms with Crippen molar-refractivity contribution in [2.24, 2.45) is 5.92 Å². The van der Waals surface area contributed by atoms with Gasteiger partial charge in [0.05, 0.1) is 23.3 Å². The van der Waals surface area contributed by atoms with E-state index in [2.05, 4.69) is 5.32 Å². The van der Waals surface area contributed by atoms with Gasteiger partial charge in [-0.3, -0.25) is 4.79 Å². The zero-order valence-corrected chi connectivity index (χ0v) is 17.0. The maximum atomic E-state index is 12.6. The summed E-state index contributed by atoms with van der Waals surface area (Å²) in [6.45, 7) is 6.33. The van der Waals surface area contributed by atoms with Gasteiger partial charge >= 0.3 is 5.97 Å². The molecule has 1 saturated heterocycles. The molecule has 1 atom stereocenters. The van der Waals surface area contributed by atoms with E-state index in [0.717, 1.165) is 5.56 Å². The molecule has 1 aliphatic heterocycles. The summed E-state index contributed by atoms with van der Waals surface area (Å²) in [5, 5.41) is 3.40. The monoisotopic (exact) mass is 402 g/mol. The molecule has 0 spiro atoms. The minimum Gasteiger partial charge on any atom is -0.462 e. The smallest absolute Gasteiger partial charge is 0.348 e. The Labute approximate surface area is 158 Å². The van der Waals surface area contributed by atoms with E-state index < -0.39 is 16.0 Å². The number of nitrogens with zero attached hydrogens (tertiary/aromatic N) is 1. The predicted octanol–water partition coefficient (Wildman–Crippen LogP) is 2.62. The lowest BCUT2D eigenvalue weighted by atomic mass is 9.99. The number of hydrogen-bond donors (Lipinski definition) is 1. The summed E-state index contributed by atoms with van der Waals surface area (Å²) in [6, 6.07) is 1.74. The number of carbonyl (C=O) groups is 2. The van der Waals surface area contributed by atoms with Crippen molar-refractivity contribution < 1.29 is 22.7 Å². The molecule has 146 valence electrons. The van der Waals surface area contributed by atoms with Crippen LogP contribution in [-0.4, -0.2) is 50.0 Å². The van der Waals surface area contributed by atoms with Gasteiger partial charge in [-0.05, 0) is 44.7 Å². The molecule has 0 bridgehead atoms. The van der Waals surface area contributed by atoms with Gasteiger partial charge in [-0.25, -0.2) is 17.5 Å². The maximum Gasteiger partial charge on any atom is 0.348 e. The minimum absolute atomic E-state index is 0.106. The van der Waals surface area contributed by atoms with Crippen LogP contribution in [0.2, 0.25) is 0 Å². The van der Waals surface area contributed by atoms with Crippen molar-refractivity contribution in [1.82, 2.24) is 4.31 Å². The van der Waals surface area contributed by atoms with Crippen molar-refractivity contribution in [3.05, 3.63) is 16.5 Å². The van der Waals surface area contributed by atoms with Gasteiger partial charge in [-0.2, -0.15) is 0 Å². The second-order valence-electron chi connectivity index (χ2n) is 6.35. The first-order valence-corrected chi connectivity index (χ1v) is 11.3.